The zero-order chi connectivity index (χ0) is 12.8. The molecule has 0 saturated heterocycles. The van der Waals surface area contributed by atoms with Crippen LogP contribution in [0, 0.1) is 13.8 Å². The van der Waals surface area contributed by atoms with Gasteiger partial charge >= 0.3 is 62.1 Å². The Hall–Kier alpha value is -1.11. The predicted octanol–water partition coefficient (Wildman–Crippen LogP) is 3.64. The van der Waals surface area contributed by atoms with Crippen molar-refractivity contribution in [2.75, 3.05) is 0 Å². The molecule has 0 saturated carbocycles. The summed E-state index contributed by atoms with van der Waals surface area (Å²) in [6.07, 6.45) is 4.64. The molecule has 91 valence electrons. The molecule has 0 spiro atoms. The molecule has 0 bridgehead atoms. The Balaban J connectivity index is 0.000000171. The van der Waals surface area contributed by atoms with Gasteiger partial charge < -0.3 is 0 Å². The van der Waals surface area contributed by atoms with Crippen LogP contribution in [0.25, 0.3) is 0 Å². The van der Waals surface area contributed by atoms with Crippen molar-refractivity contribution >= 4 is 5.78 Å². The van der Waals surface area contributed by atoms with Crippen LogP contribution in [0.1, 0.15) is 24.5 Å². The van der Waals surface area contributed by atoms with Crippen LogP contribution < -0.4 is 0 Å². The molecule has 0 amide bonds. The van der Waals surface area contributed by atoms with Crippen molar-refractivity contribution in [3.8, 4) is 0 Å². The largest absolute Gasteiger partial charge is 0.0591 e. The third-order valence-corrected chi connectivity index (χ3v) is 2.98. The van der Waals surface area contributed by atoms with Crippen LogP contribution in [0.5, 0.6) is 0 Å². The third-order valence-electron chi connectivity index (χ3n) is 2.46. The molecule has 1 aromatic carbocycles. The van der Waals surface area contributed by atoms with Crippen LogP contribution in [0.4, 0.5) is 0 Å². The SMILES string of the molecule is CC(=O)C1=[C]([Fe])CC=C1.Cc1ccc(C)cc1. The van der Waals surface area contributed by atoms with Gasteiger partial charge in [0.1, 0.15) is 0 Å². The fourth-order valence-corrected chi connectivity index (χ4v) is 1.83. The molecule has 0 fully saturated rings. The van der Waals surface area contributed by atoms with Crippen LogP contribution in [-0.4, -0.2) is 5.78 Å². The standard InChI is InChI=1S/C8H10.C7H7O.Fe/c1-7-3-5-8(2)6-4-7;1-6(8)7-4-2-3-5-7;/h3-6H,1-2H3;2,4H,3H2,1H3;. The van der Waals surface area contributed by atoms with Crippen molar-refractivity contribution in [3.63, 3.8) is 0 Å². The van der Waals surface area contributed by atoms with Crippen molar-refractivity contribution in [1.29, 1.82) is 0 Å². The molecule has 1 aliphatic rings. The smallest absolute Gasteiger partial charge is 0.0398 e. The molecular weight excluding hydrogens is 252 g/mol. The molecule has 2 heteroatoms. The number of hydrogen-bond donors (Lipinski definition) is 0. The summed E-state index contributed by atoms with van der Waals surface area (Å²) in [5, 5.41) is 0. The average molecular weight is 269 g/mol. The fraction of sp³-hybridized carbons (Fsp3) is 0.267. The maximum atomic E-state index is 10.7. The van der Waals surface area contributed by atoms with Gasteiger partial charge in [0, 0.05) is 0 Å². The summed E-state index contributed by atoms with van der Waals surface area (Å²) in [5.41, 5.74) is 3.45. The third kappa shape index (κ3) is 4.72. The van der Waals surface area contributed by atoms with E-state index in [2.05, 4.69) is 54.1 Å². The van der Waals surface area contributed by atoms with E-state index < -0.39 is 0 Å². The van der Waals surface area contributed by atoms with E-state index in [1.165, 1.54) is 11.1 Å². The van der Waals surface area contributed by atoms with E-state index in [4.69, 9.17) is 0 Å². The minimum atomic E-state index is 0.119. The Labute approximate surface area is 111 Å². The number of ketones is 1. The molecule has 1 aromatic rings. The summed E-state index contributed by atoms with van der Waals surface area (Å²) in [6.45, 7) is 5.76. The van der Waals surface area contributed by atoms with Crippen LogP contribution >= 0.6 is 0 Å². The number of allylic oxidation sites excluding steroid dienone is 4. The van der Waals surface area contributed by atoms with Crippen LogP contribution in [-0.2, 0) is 20.8 Å². The van der Waals surface area contributed by atoms with Crippen molar-refractivity contribution in [2.45, 2.75) is 27.2 Å². The number of Topliss-reactive ketones (excluding diaryl/α,β-unsaturated/α-hetero) is 1. The van der Waals surface area contributed by atoms with Crippen molar-refractivity contribution in [1.82, 2.24) is 0 Å². The molecule has 0 aromatic heterocycles. The first-order chi connectivity index (χ1) is 8.00. The number of carbonyl (C=O) groups is 1. The van der Waals surface area contributed by atoms with E-state index in [0.717, 1.165) is 16.5 Å². The van der Waals surface area contributed by atoms with E-state index in [1.807, 2.05) is 12.2 Å². The monoisotopic (exact) mass is 269 g/mol. The minimum absolute atomic E-state index is 0.119. The van der Waals surface area contributed by atoms with E-state index in [9.17, 15) is 4.79 Å². The summed E-state index contributed by atoms with van der Waals surface area (Å²) < 4.78 is 0.947. The second-order valence-electron chi connectivity index (χ2n) is 4.12. The van der Waals surface area contributed by atoms with E-state index >= 15 is 0 Å². The molecule has 0 atom stereocenters. The van der Waals surface area contributed by atoms with Gasteiger partial charge in [-0.3, -0.25) is 0 Å². The van der Waals surface area contributed by atoms with Gasteiger partial charge in [-0.15, -0.1) is 0 Å². The molecule has 17 heavy (non-hydrogen) atoms. The van der Waals surface area contributed by atoms with E-state index in [-0.39, 0.29) is 5.78 Å². The van der Waals surface area contributed by atoms with Crippen LogP contribution in [0.2, 0.25) is 0 Å². The molecule has 0 aliphatic heterocycles. The van der Waals surface area contributed by atoms with Gasteiger partial charge in [-0.1, -0.05) is 35.4 Å². The van der Waals surface area contributed by atoms with E-state index in [1.54, 1.807) is 6.92 Å². The second-order valence-corrected chi connectivity index (χ2v) is 4.79. The van der Waals surface area contributed by atoms with Gasteiger partial charge in [0.2, 0.25) is 0 Å². The molecule has 0 unspecified atom stereocenters. The van der Waals surface area contributed by atoms with Gasteiger partial charge in [-0.05, 0) is 13.8 Å². The fourth-order valence-electron chi connectivity index (χ4n) is 1.42. The Morgan fingerprint density at radius 1 is 1.12 bits per heavy atom. The normalized spacial score (nSPS) is 13.4. The van der Waals surface area contributed by atoms with Crippen molar-refractivity contribution < 1.29 is 20.8 Å². The van der Waals surface area contributed by atoms with Gasteiger partial charge in [0.05, 0.1) is 0 Å². The topological polar surface area (TPSA) is 17.1 Å². The van der Waals surface area contributed by atoms with Crippen LogP contribution in [0.15, 0.2) is 46.5 Å². The summed E-state index contributed by atoms with van der Waals surface area (Å²) in [5.74, 6) is 0.119. The first-order valence-corrected chi connectivity index (χ1v) is 6.14. The Morgan fingerprint density at radius 3 is 1.82 bits per heavy atom. The Morgan fingerprint density at radius 2 is 1.59 bits per heavy atom. The second kappa shape index (κ2) is 6.58. The number of rotatable bonds is 1. The van der Waals surface area contributed by atoms with E-state index in [0.29, 0.717) is 0 Å². The molecule has 1 nitrogen and oxygen atoms in total. The van der Waals surface area contributed by atoms with Gasteiger partial charge in [0.15, 0.2) is 0 Å². The number of hydrogen-bond acceptors (Lipinski definition) is 1. The average Bonchev–Trinajstić information content (AvgIpc) is 2.70. The summed E-state index contributed by atoms with van der Waals surface area (Å²) in [6, 6.07) is 8.48. The zero-order valence-corrected chi connectivity index (χ0v) is 11.5. The molecule has 0 N–H and O–H groups in total. The maximum Gasteiger partial charge on any atom is -0.0398 e. The van der Waals surface area contributed by atoms with Crippen molar-refractivity contribution in [3.05, 3.63) is 57.6 Å². The number of benzene rings is 1. The number of carbonyl (C=O) groups excluding carboxylic acids is 1. The maximum absolute atomic E-state index is 10.7. The Bertz CT molecular complexity index is 431. The van der Waals surface area contributed by atoms with Crippen molar-refractivity contribution in [2.24, 2.45) is 0 Å². The molecule has 1 aliphatic carbocycles. The molecule has 0 radical (unpaired) electrons. The molecule has 0 heterocycles. The van der Waals surface area contributed by atoms with Crippen LogP contribution in [0.3, 0.4) is 0 Å². The summed E-state index contributed by atoms with van der Waals surface area (Å²) >= 11 is 3.74. The molecular formula is C15H17FeO. The predicted molar refractivity (Wildman–Crippen MR) is 67.4 cm³/mol. The van der Waals surface area contributed by atoms with Gasteiger partial charge in [0.25, 0.3) is 0 Å². The van der Waals surface area contributed by atoms with Gasteiger partial charge in [-0.25, -0.2) is 0 Å². The van der Waals surface area contributed by atoms with Gasteiger partial charge in [-0.2, -0.15) is 0 Å². The first kappa shape index (κ1) is 14.0. The Kier molecular flexibility index (Phi) is 5.40. The summed E-state index contributed by atoms with van der Waals surface area (Å²) in [7, 11) is 0. The minimum Gasteiger partial charge on any atom is -0.0591 e. The zero-order valence-electron chi connectivity index (χ0n) is 10.4. The first-order valence-electron chi connectivity index (χ1n) is 5.59. The summed E-state index contributed by atoms with van der Waals surface area (Å²) in [4.78, 5) is 10.7. The quantitative estimate of drug-likeness (QED) is 0.711. The molecule has 2 rings (SSSR count). The number of aryl methyl sites for hydroxylation is 2.